The normalized spacial score (nSPS) is 21.3. The average molecular weight is 297 g/mol. The van der Waals surface area contributed by atoms with Crippen LogP contribution in [0.1, 0.15) is 31.2 Å². The second-order valence-electron chi connectivity index (χ2n) is 6.03. The number of rotatable bonds is 4. The van der Waals surface area contributed by atoms with E-state index < -0.39 is 0 Å². The number of hydrogen-bond donors (Lipinski definition) is 1. The molecule has 5 heteroatoms. The lowest BCUT2D eigenvalue weighted by Gasteiger charge is -2.35. The van der Waals surface area contributed by atoms with E-state index in [9.17, 15) is 9.59 Å². The zero-order valence-corrected chi connectivity index (χ0v) is 12.4. The molecule has 3 rings (SSSR count). The van der Waals surface area contributed by atoms with E-state index in [1.165, 1.54) is 0 Å². The topological polar surface area (TPSA) is 73.2 Å². The molecule has 1 N–H and O–H groups in total. The average Bonchev–Trinajstić information content (AvgIpc) is 3.38. The van der Waals surface area contributed by atoms with Crippen LogP contribution in [-0.2, 0) is 9.59 Å². The summed E-state index contributed by atoms with van der Waals surface area (Å²) >= 11 is 0. The van der Waals surface area contributed by atoms with Crippen molar-refractivity contribution in [3.05, 3.63) is 29.8 Å². The van der Waals surface area contributed by atoms with Gasteiger partial charge in [0.15, 0.2) is 0 Å². The third kappa shape index (κ3) is 3.28. The number of nitriles is 1. The standard InChI is InChI=1S/C17H19N3O2/c18-10-12-1-5-14(6-2-12)19-11-17(22)20-8-7-15(21)9-16(20)13-3-4-13/h1-2,5-6,13,16,19H,3-4,7-9,11H2. The van der Waals surface area contributed by atoms with E-state index in [1.54, 1.807) is 24.3 Å². The summed E-state index contributed by atoms with van der Waals surface area (Å²) in [6, 6.07) is 9.21. The number of carbonyl (C=O) groups is 2. The Morgan fingerprint density at radius 1 is 1.32 bits per heavy atom. The molecular weight excluding hydrogens is 278 g/mol. The van der Waals surface area contributed by atoms with Gasteiger partial charge in [-0.15, -0.1) is 0 Å². The van der Waals surface area contributed by atoms with Crippen molar-refractivity contribution in [1.82, 2.24) is 4.90 Å². The van der Waals surface area contributed by atoms with E-state index >= 15 is 0 Å². The van der Waals surface area contributed by atoms with Crippen LogP contribution in [-0.4, -0.2) is 35.7 Å². The van der Waals surface area contributed by atoms with E-state index in [4.69, 9.17) is 5.26 Å². The smallest absolute Gasteiger partial charge is 0.242 e. The first-order chi connectivity index (χ1) is 10.7. The summed E-state index contributed by atoms with van der Waals surface area (Å²) in [5, 5.41) is 11.9. The largest absolute Gasteiger partial charge is 0.376 e. The third-order valence-electron chi connectivity index (χ3n) is 4.41. The molecule has 0 bridgehead atoms. The van der Waals surface area contributed by atoms with Crippen LogP contribution in [0.15, 0.2) is 24.3 Å². The molecule has 0 spiro atoms. The van der Waals surface area contributed by atoms with Gasteiger partial charge >= 0.3 is 0 Å². The molecule has 1 atom stereocenters. The first-order valence-electron chi connectivity index (χ1n) is 7.72. The Bertz CT molecular complexity index is 614. The molecule has 1 unspecified atom stereocenters. The summed E-state index contributed by atoms with van der Waals surface area (Å²) < 4.78 is 0. The van der Waals surface area contributed by atoms with Crippen LogP contribution in [0.5, 0.6) is 0 Å². The van der Waals surface area contributed by atoms with E-state index in [0.717, 1.165) is 18.5 Å². The molecule has 1 aliphatic heterocycles. The van der Waals surface area contributed by atoms with Gasteiger partial charge in [0.2, 0.25) is 5.91 Å². The Morgan fingerprint density at radius 2 is 2.05 bits per heavy atom. The maximum Gasteiger partial charge on any atom is 0.242 e. The summed E-state index contributed by atoms with van der Waals surface area (Å²) in [4.78, 5) is 26.0. The van der Waals surface area contributed by atoms with Crippen LogP contribution in [0.2, 0.25) is 0 Å². The van der Waals surface area contributed by atoms with Crippen molar-refractivity contribution in [3.63, 3.8) is 0 Å². The van der Waals surface area contributed by atoms with Crippen molar-refractivity contribution in [2.24, 2.45) is 5.92 Å². The van der Waals surface area contributed by atoms with Gasteiger partial charge in [-0.25, -0.2) is 0 Å². The molecule has 1 aromatic carbocycles. The highest BCUT2D eigenvalue weighted by Gasteiger charge is 2.40. The Balaban J connectivity index is 1.58. The predicted molar refractivity (Wildman–Crippen MR) is 82.1 cm³/mol. The van der Waals surface area contributed by atoms with E-state index in [0.29, 0.717) is 30.9 Å². The molecule has 22 heavy (non-hydrogen) atoms. The molecule has 5 nitrogen and oxygen atoms in total. The van der Waals surface area contributed by atoms with Gasteiger partial charge in [-0.2, -0.15) is 5.26 Å². The van der Waals surface area contributed by atoms with Crippen LogP contribution in [0.25, 0.3) is 0 Å². The first kappa shape index (κ1) is 14.6. The lowest BCUT2D eigenvalue weighted by molar-refractivity contribution is -0.137. The second kappa shape index (κ2) is 6.18. The predicted octanol–water partition coefficient (Wildman–Crippen LogP) is 1.94. The first-order valence-corrected chi connectivity index (χ1v) is 7.72. The SMILES string of the molecule is N#Cc1ccc(NCC(=O)N2CCC(=O)CC2C2CC2)cc1. The number of nitrogens with zero attached hydrogens (tertiary/aromatic N) is 2. The zero-order valence-electron chi connectivity index (χ0n) is 12.4. The number of nitrogens with one attached hydrogen (secondary N) is 1. The fourth-order valence-corrected chi connectivity index (χ4v) is 3.01. The Morgan fingerprint density at radius 3 is 2.68 bits per heavy atom. The minimum Gasteiger partial charge on any atom is -0.376 e. The number of Topliss-reactive ketones (excluding diaryl/α,β-unsaturated/α-hetero) is 1. The molecule has 1 saturated carbocycles. The third-order valence-corrected chi connectivity index (χ3v) is 4.41. The van der Waals surface area contributed by atoms with Crippen LogP contribution in [0.4, 0.5) is 5.69 Å². The fraction of sp³-hybridized carbons (Fsp3) is 0.471. The van der Waals surface area contributed by atoms with Gasteiger partial charge in [-0.05, 0) is 43.0 Å². The summed E-state index contributed by atoms with van der Waals surface area (Å²) in [5.74, 6) is 0.845. The van der Waals surface area contributed by atoms with Crippen molar-refractivity contribution < 1.29 is 9.59 Å². The number of piperidine rings is 1. The highest BCUT2D eigenvalue weighted by Crippen LogP contribution is 2.38. The number of benzene rings is 1. The minimum atomic E-state index is 0.0498. The minimum absolute atomic E-state index is 0.0498. The highest BCUT2D eigenvalue weighted by atomic mass is 16.2. The van der Waals surface area contributed by atoms with Crippen LogP contribution < -0.4 is 5.32 Å². The maximum atomic E-state index is 12.4. The number of ketones is 1. The molecule has 1 aliphatic carbocycles. The molecule has 2 fully saturated rings. The van der Waals surface area contributed by atoms with Crippen molar-refractivity contribution >= 4 is 17.4 Å². The Labute approximate surface area is 129 Å². The lowest BCUT2D eigenvalue weighted by atomic mass is 9.97. The summed E-state index contributed by atoms with van der Waals surface area (Å²) in [7, 11) is 0. The van der Waals surface area contributed by atoms with Gasteiger partial charge in [0.05, 0.1) is 18.2 Å². The van der Waals surface area contributed by atoms with Gasteiger partial charge in [0.25, 0.3) is 0 Å². The van der Waals surface area contributed by atoms with Gasteiger partial charge in [0, 0.05) is 31.1 Å². The van der Waals surface area contributed by atoms with E-state index in [1.807, 2.05) is 4.90 Å². The maximum absolute atomic E-state index is 12.4. The fourth-order valence-electron chi connectivity index (χ4n) is 3.01. The van der Waals surface area contributed by atoms with Crippen LogP contribution >= 0.6 is 0 Å². The Hall–Kier alpha value is -2.35. The summed E-state index contributed by atoms with van der Waals surface area (Å²) in [5.41, 5.74) is 1.42. The number of hydrogen-bond acceptors (Lipinski definition) is 4. The Kier molecular flexibility index (Phi) is 4.10. The zero-order chi connectivity index (χ0) is 15.5. The van der Waals surface area contributed by atoms with Crippen molar-refractivity contribution in [2.45, 2.75) is 31.7 Å². The van der Waals surface area contributed by atoms with Crippen molar-refractivity contribution in [1.29, 1.82) is 5.26 Å². The number of amides is 1. The molecule has 1 saturated heterocycles. The van der Waals surface area contributed by atoms with Gasteiger partial charge < -0.3 is 10.2 Å². The molecule has 0 aromatic heterocycles. The summed E-state index contributed by atoms with van der Waals surface area (Å²) in [6.45, 7) is 0.775. The molecule has 1 amide bonds. The van der Waals surface area contributed by atoms with Crippen molar-refractivity contribution in [3.8, 4) is 6.07 Å². The van der Waals surface area contributed by atoms with Crippen LogP contribution in [0.3, 0.4) is 0 Å². The molecule has 2 aliphatic rings. The van der Waals surface area contributed by atoms with E-state index in [-0.39, 0.29) is 24.3 Å². The quantitative estimate of drug-likeness (QED) is 0.921. The molecule has 1 aromatic rings. The van der Waals surface area contributed by atoms with Gasteiger partial charge in [-0.1, -0.05) is 0 Å². The molecular formula is C17H19N3O2. The number of carbonyl (C=O) groups excluding carboxylic acids is 2. The van der Waals surface area contributed by atoms with Gasteiger partial charge in [-0.3, -0.25) is 9.59 Å². The molecule has 114 valence electrons. The molecule has 0 radical (unpaired) electrons. The lowest BCUT2D eigenvalue weighted by Crippen LogP contribution is -2.49. The number of anilines is 1. The van der Waals surface area contributed by atoms with E-state index in [2.05, 4.69) is 11.4 Å². The summed E-state index contributed by atoms with van der Waals surface area (Å²) in [6.07, 6.45) is 3.26. The highest BCUT2D eigenvalue weighted by molar-refractivity contribution is 5.86. The molecule has 1 heterocycles. The second-order valence-corrected chi connectivity index (χ2v) is 6.03. The van der Waals surface area contributed by atoms with Crippen LogP contribution in [0, 0.1) is 17.2 Å². The van der Waals surface area contributed by atoms with Crippen molar-refractivity contribution in [2.75, 3.05) is 18.4 Å². The monoisotopic (exact) mass is 297 g/mol. The number of likely N-dealkylation sites (tertiary alicyclic amines) is 1. The van der Waals surface area contributed by atoms with Gasteiger partial charge in [0.1, 0.15) is 5.78 Å².